The van der Waals surface area contributed by atoms with Gasteiger partial charge in [0.2, 0.25) is 0 Å². The van der Waals surface area contributed by atoms with Crippen molar-refractivity contribution in [1.82, 2.24) is 0 Å². The van der Waals surface area contributed by atoms with Gasteiger partial charge in [-0.3, -0.25) is 0 Å². The summed E-state index contributed by atoms with van der Waals surface area (Å²) in [5.74, 6) is 0.127. The lowest BCUT2D eigenvalue weighted by molar-refractivity contribution is -0.129. The molecule has 0 heterocycles. The van der Waals surface area contributed by atoms with Gasteiger partial charge in [0.15, 0.2) is 0 Å². The van der Waals surface area contributed by atoms with Gasteiger partial charge in [0, 0.05) is 0 Å². The van der Waals surface area contributed by atoms with Crippen molar-refractivity contribution in [3.63, 3.8) is 0 Å². The second-order valence-electron chi connectivity index (χ2n) is 5.46. The molecule has 1 N–H and O–H groups in total. The molecular formula is C14H22BO2. The molecule has 0 aliphatic rings. The van der Waals surface area contributed by atoms with Crippen molar-refractivity contribution in [2.75, 3.05) is 0 Å². The fourth-order valence-electron chi connectivity index (χ4n) is 1.56. The Kier molecular flexibility index (Phi) is 4.39. The third-order valence-corrected chi connectivity index (χ3v) is 3.63. The molecule has 93 valence electrons. The molecule has 0 spiro atoms. The van der Waals surface area contributed by atoms with E-state index in [-0.39, 0.29) is 5.92 Å². The van der Waals surface area contributed by atoms with E-state index in [1.54, 1.807) is 7.48 Å². The SMILES string of the molecule is CC(C)C(C)(O)C(C)(C)O[B]c1ccccc1. The first-order valence-electron chi connectivity index (χ1n) is 6.06. The van der Waals surface area contributed by atoms with Gasteiger partial charge in [-0.15, -0.1) is 0 Å². The van der Waals surface area contributed by atoms with Crippen molar-refractivity contribution in [3.8, 4) is 0 Å². The fourth-order valence-corrected chi connectivity index (χ4v) is 1.56. The van der Waals surface area contributed by atoms with Gasteiger partial charge >= 0.3 is 7.48 Å². The summed E-state index contributed by atoms with van der Waals surface area (Å²) in [6.07, 6.45) is 0. The van der Waals surface area contributed by atoms with Crippen molar-refractivity contribution < 1.29 is 9.76 Å². The minimum absolute atomic E-state index is 0.127. The van der Waals surface area contributed by atoms with Crippen LogP contribution in [0.2, 0.25) is 0 Å². The van der Waals surface area contributed by atoms with Crippen molar-refractivity contribution in [2.24, 2.45) is 5.92 Å². The zero-order chi connectivity index (χ0) is 13.1. The van der Waals surface area contributed by atoms with E-state index in [0.717, 1.165) is 5.46 Å². The van der Waals surface area contributed by atoms with E-state index in [0.29, 0.717) is 0 Å². The monoisotopic (exact) mass is 233 g/mol. The first kappa shape index (κ1) is 14.3. The van der Waals surface area contributed by atoms with E-state index in [1.165, 1.54) is 0 Å². The summed E-state index contributed by atoms with van der Waals surface area (Å²) in [6.45, 7) is 9.62. The topological polar surface area (TPSA) is 29.5 Å². The van der Waals surface area contributed by atoms with Gasteiger partial charge in [-0.1, -0.05) is 49.6 Å². The second kappa shape index (κ2) is 5.24. The van der Waals surface area contributed by atoms with Crippen LogP contribution in [0.3, 0.4) is 0 Å². The van der Waals surface area contributed by atoms with Crippen molar-refractivity contribution in [1.29, 1.82) is 0 Å². The van der Waals surface area contributed by atoms with Crippen LogP contribution in [-0.4, -0.2) is 23.8 Å². The summed E-state index contributed by atoms with van der Waals surface area (Å²) in [5.41, 5.74) is -0.505. The lowest BCUT2D eigenvalue weighted by Crippen LogP contribution is -2.54. The van der Waals surface area contributed by atoms with Crippen molar-refractivity contribution in [3.05, 3.63) is 30.3 Å². The number of benzene rings is 1. The normalized spacial score (nSPS) is 15.7. The average molecular weight is 233 g/mol. The standard InChI is InChI=1S/C14H22BO2/c1-11(2)14(5,16)13(3,4)17-15-12-9-7-6-8-10-12/h6-11,16H,1-5H3. The summed E-state index contributed by atoms with van der Waals surface area (Å²) in [7, 11) is 1.71. The molecule has 3 heteroatoms. The van der Waals surface area contributed by atoms with Crippen LogP contribution in [0.25, 0.3) is 0 Å². The minimum Gasteiger partial charge on any atom is -0.427 e. The van der Waals surface area contributed by atoms with Crippen LogP contribution in [0, 0.1) is 5.92 Å². The highest BCUT2D eigenvalue weighted by Gasteiger charge is 2.42. The third-order valence-electron chi connectivity index (χ3n) is 3.63. The number of hydrogen-bond donors (Lipinski definition) is 1. The summed E-state index contributed by atoms with van der Waals surface area (Å²) < 4.78 is 5.77. The first-order valence-corrected chi connectivity index (χ1v) is 6.06. The van der Waals surface area contributed by atoms with Gasteiger partial charge in [-0.25, -0.2) is 0 Å². The molecule has 17 heavy (non-hydrogen) atoms. The molecule has 0 bridgehead atoms. The van der Waals surface area contributed by atoms with E-state index in [4.69, 9.17) is 4.65 Å². The summed E-state index contributed by atoms with van der Waals surface area (Å²) >= 11 is 0. The maximum Gasteiger partial charge on any atom is 0.330 e. The molecule has 1 aromatic carbocycles. The molecule has 0 amide bonds. The Balaban J connectivity index is 2.68. The predicted octanol–water partition coefficient (Wildman–Crippen LogP) is 2.13. The Labute approximate surface area is 105 Å². The van der Waals surface area contributed by atoms with E-state index in [2.05, 4.69) is 0 Å². The summed E-state index contributed by atoms with van der Waals surface area (Å²) in [4.78, 5) is 0. The number of aliphatic hydroxyl groups is 1. The molecule has 0 fully saturated rings. The van der Waals surface area contributed by atoms with Gasteiger partial charge in [0.25, 0.3) is 0 Å². The molecule has 1 rings (SSSR count). The Morgan fingerprint density at radius 3 is 2.12 bits per heavy atom. The zero-order valence-corrected chi connectivity index (χ0v) is 11.4. The molecule has 1 atom stereocenters. The number of rotatable bonds is 5. The van der Waals surface area contributed by atoms with Crippen LogP contribution in [0.4, 0.5) is 0 Å². The van der Waals surface area contributed by atoms with Crippen LogP contribution in [0.1, 0.15) is 34.6 Å². The van der Waals surface area contributed by atoms with Crippen LogP contribution < -0.4 is 5.46 Å². The predicted molar refractivity (Wildman–Crippen MR) is 72.5 cm³/mol. The smallest absolute Gasteiger partial charge is 0.330 e. The van der Waals surface area contributed by atoms with Crippen LogP contribution in [0.5, 0.6) is 0 Å². The Morgan fingerprint density at radius 1 is 1.12 bits per heavy atom. The van der Waals surface area contributed by atoms with E-state index >= 15 is 0 Å². The highest BCUT2D eigenvalue weighted by atomic mass is 16.5. The van der Waals surface area contributed by atoms with Crippen molar-refractivity contribution in [2.45, 2.75) is 45.8 Å². The van der Waals surface area contributed by atoms with E-state index in [9.17, 15) is 5.11 Å². The van der Waals surface area contributed by atoms with Gasteiger partial charge in [-0.05, 0) is 26.7 Å². The van der Waals surface area contributed by atoms with Crippen LogP contribution in [0.15, 0.2) is 30.3 Å². The van der Waals surface area contributed by atoms with E-state index < -0.39 is 11.2 Å². The molecule has 1 radical (unpaired) electrons. The molecule has 1 unspecified atom stereocenters. The summed E-state index contributed by atoms with van der Waals surface area (Å²) in [6, 6.07) is 9.83. The summed E-state index contributed by atoms with van der Waals surface area (Å²) in [5, 5.41) is 10.5. The van der Waals surface area contributed by atoms with Crippen molar-refractivity contribution >= 4 is 12.9 Å². The zero-order valence-electron chi connectivity index (χ0n) is 11.4. The first-order chi connectivity index (χ1) is 7.77. The Morgan fingerprint density at radius 2 is 1.65 bits per heavy atom. The molecule has 0 saturated heterocycles. The molecule has 0 aromatic heterocycles. The largest absolute Gasteiger partial charge is 0.427 e. The fraction of sp³-hybridized carbons (Fsp3) is 0.571. The Hall–Kier alpha value is -0.795. The quantitative estimate of drug-likeness (QED) is 0.789. The third kappa shape index (κ3) is 3.33. The highest BCUT2D eigenvalue weighted by Crippen LogP contribution is 2.31. The Bertz CT molecular complexity index is 344. The average Bonchev–Trinajstić information content (AvgIpc) is 2.27. The molecule has 0 saturated carbocycles. The lowest BCUT2D eigenvalue weighted by Gasteiger charge is -2.43. The van der Waals surface area contributed by atoms with Crippen LogP contribution in [-0.2, 0) is 4.65 Å². The molecule has 0 aliphatic heterocycles. The highest BCUT2D eigenvalue weighted by molar-refractivity contribution is 6.47. The van der Waals surface area contributed by atoms with Gasteiger partial charge in [0.05, 0.1) is 11.2 Å². The van der Waals surface area contributed by atoms with Gasteiger partial charge in [0.1, 0.15) is 0 Å². The maximum absolute atomic E-state index is 10.5. The van der Waals surface area contributed by atoms with E-state index in [1.807, 2.05) is 65.0 Å². The van der Waals surface area contributed by atoms with Gasteiger partial charge in [-0.2, -0.15) is 0 Å². The molecule has 1 aromatic rings. The molecular weight excluding hydrogens is 211 g/mol. The molecule has 0 aliphatic carbocycles. The number of hydrogen-bond acceptors (Lipinski definition) is 2. The maximum atomic E-state index is 10.5. The molecule has 2 nitrogen and oxygen atoms in total. The lowest BCUT2D eigenvalue weighted by atomic mass is 9.76. The minimum atomic E-state index is -0.877. The van der Waals surface area contributed by atoms with Crippen LogP contribution >= 0.6 is 0 Å². The second-order valence-corrected chi connectivity index (χ2v) is 5.46. The van der Waals surface area contributed by atoms with Gasteiger partial charge < -0.3 is 9.76 Å².